The third kappa shape index (κ3) is 3.40. The van der Waals surface area contributed by atoms with Gasteiger partial charge >= 0.3 is 6.09 Å². The van der Waals surface area contributed by atoms with E-state index in [4.69, 9.17) is 9.47 Å². The molecule has 1 aromatic heterocycles. The third-order valence-electron chi connectivity index (χ3n) is 3.94. The summed E-state index contributed by atoms with van der Waals surface area (Å²) in [5.41, 5.74) is 0.365. The summed E-state index contributed by atoms with van der Waals surface area (Å²) < 4.78 is 11.3. The van der Waals surface area contributed by atoms with Crippen LogP contribution in [0, 0.1) is 11.8 Å². The fourth-order valence-corrected chi connectivity index (χ4v) is 2.93. The van der Waals surface area contributed by atoms with Crippen LogP contribution in [0.25, 0.3) is 0 Å². The smallest absolute Gasteiger partial charge is 0.410 e. The van der Waals surface area contributed by atoms with Crippen LogP contribution in [0.3, 0.4) is 0 Å². The van der Waals surface area contributed by atoms with Crippen molar-refractivity contribution in [1.82, 2.24) is 9.88 Å². The zero-order valence-corrected chi connectivity index (χ0v) is 14.6. The first-order valence-corrected chi connectivity index (χ1v) is 8.17. The summed E-state index contributed by atoms with van der Waals surface area (Å²) in [4.78, 5) is 20.7. The summed E-state index contributed by atoms with van der Waals surface area (Å²) >= 11 is 0. The number of rotatable bonds is 0. The van der Waals surface area contributed by atoms with Gasteiger partial charge in [-0.2, -0.15) is 0 Å². The third-order valence-corrected chi connectivity index (χ3v) is 3.94. The van der Waals surface area contributed by atoms with E-state index < -0.39 is 5.60 Å². The fourth-order valence-electron chi connectivity index (χ4n) is 2.93. The molecule has 3 rings (SSSR count). The van der Waals surface area contributed by atoms with Gasteiger partial charge in [0.25, 0.3) is 0 Å². The van der Waals surface area contributed by atoms with Crippen molar-refractivity contribution < 1.29 is 14.3 Å². The zero-order chi connectivity index (χ0) is 17.3. The molecule has 2 aliphatic rings. The maximum Gasteiger partial charge on any atom is 0.410 e. The van der Waals surface area contributed by atoms with E-state index in [2.05, 4.69) is 21.7 Å². The van der Waals surface area contributed by atoms with Crippen LogP contribution in [0.15, 0.2) is 12.3 Å². The van der Waals surface area contributed by atoms with Crippen molar-refractivity contribution in [3.8, 4) is 17.6 Å². The number of anilines is 1. The normalized spacial score (nSPS) is 19.4. The Hall–Kier alpha value is -2.42. The number of amides is 1. The predicted molar refractivity (Wildman–Crippen MR) is 91.2 cm³/mol. The van der Waals surface area contributed by atoms with Gasteiger partial charge in [0.1, 0.15) is 12.2 Å². The summed E-state index contributed by atoms with van der Waals surface area (Å²) in [6.07, 6.45) is 1.50. The molecule has 1 atom stereocenters. The van der Waals surface area contributed by atoms with Crippen molar-refractivity contribution in [1.29, 1.82) is 0 Å². The summed E-state index contributed by atoms with van der Waals surface area (Å²) in [7, 11) is 0. The van der Waals surface area contributed by atoms with Crippen LogP contribution in [0.5, 0.6) is 5.75 Å². The van der Waals surface area contributed by atoms with Crippen molar-refractivity contribution >= 4 is 11.9 Å². The number of fused-ring (bicyclic) bond motifs is 3. The number of carbonyl (C=O) groups excluding carboxylic acids is 1. The molecule has 0 bridgehead atoms. The molecular formula is C18H23N3O3. The molecule has 0 aromatic carbocycles. The first kappa shape index (κ1) is 16.4. The van der Waals surface area contributed by atoms with Gasteiger partial charge in [-0.3, -0.25) is 0 Å². The fraction of sp³-hybridized carbons (Fsp3) is 0.556. The average molecular weight is 329 g/mol. The topological polar surface area (TPSA) is 54.9 Å². The first-order chi connectivity index (χ1) is 11.4. The highest BCUT2D eigenvalue weighted by Crippen LogP contribution is 2.34. The highest BCUT2D eigenvalue weighted by molar-refractivity contribution is 5.69. The number of aromatic nitrogens is 1. The molecule has 0 N–H and O–H groups in total. The van der Waals surface area contributed by atoms with Gasteiger partial charge in [0, 0.05) is 37.5 Å². The monoisotopic (exact) mass is 329 g/mol. The Labute approximate surface area is 142 Å². The molecule has 1 amide bonds. The number of hydrogen-bond acceptors (Lipinski definition) is 5. The second-order valence-electron chi connectivity index (χ2n) is 7.01. The Morgan fingerprint density at radius 2 is 2.21 bits per heavy atom. The summed E-state index contributed by atoms with van der Waals surface area (Å²) in [6, 6.07) is 2.02. The summed E-state index contributed by atoms with van der Waals surface area (Å²) in [5, 5.41) is 0. The van der Waals surface area contributed by atoms with Crippen LogP contribution in [0.2, 0.25) is 0 Å². The van der Waals surface area contributed by atoms with Gasteiger partial charge in [-0.25, -0.2) is 9.78 Å². The molecule has 1 saturated heterocycles. The lowest BCUT2D eigenvalue weighted by molar-refractivity contribution is 0.0194. The Balaban J connectivity index is 1.73. The van der Waals surface area contributed by atoms with Gasteiger partial charge in [0.05, 0.1) is 6.04 Å². The predicted octanol–water partition coefficient (Wildman–Crippen LogP) is 2.27. The maximum absolute atomic E-state index is 12.3. The van der Waals surface area contributed by atoms with Gasteiger partial charge in [0.15, 0.2) is 11.6 Å². The second kappa shape index (κ2) is 6.23. The molecule has 0 saturated carbocycles. The number of hydrogen-bond donors (Lipinski definition) is 0. The van der Waals surface area contributed by atoms with E-state index in [-0.39, 0.29) is 12.1 Å². The van der Waals surface area contributed by atoms with Crippen molar-refractivity contribution in [2.45, 2.75) is 39.3 Å². The molecule has 0 unspecified atom stereocenters. The zero-order valence-electron chi connectivity index (χ0n) is 14.6. The van der Waals surface area contributed by atoms with Gasteiger partial charge in [-0.05, 0) is 27.7 Å². The lowest BCUT2D eigenvalue weighted by Crippen LogP contribution is -2.59. The molecule has 0 aliphatic carbocycles. The van der Waals surface area contributed by atoms with Crippen molar-refractivity contribution in [3.05, 3.63) is 17.8 Å². The highest BCUT2D eigenvalue weighted by atomic mass is 16.6. The number of nitrogens with zero attached hydrogens (tertiary/aromatic N) is 3. The molecule has 0 radical (unpaired) electrons. The average Bonchev–Trinajstić information content (AvgIpc) is 2.52. The van der Waals surface area contributed by atoms with Crippen LogP contribution in [0.1, 0.15) is 33.3 Å². The lowest BCUT2D eigenvalue weighted by atomic mass is 10.1. The van der Waals surface area contributed by atoms with Gasteiger partial charge in [-0.15, -0.1) is 5.92 Å². The minimum absolute atomic E-state index is 0.0920. The van der Waals surface area contributed by atoms with Gasteiger partial charge < -0.3 is 19.3 Å². The summed E-state index contributed by atoms with van der Waals surface area (Å²) in [5.74, 6) is 7.45. The lowest BCUT2D eigenvalue weighted by Gasteiger charge is -2.44. The standard InChI is InChI=1S/C18H23N3O3/c1-5-6-13-9-15-16(19-10-13)21-8-7-20(11-14(21)12-23-15)17(22)24-18(2,3)4/h9-10,14H,7-8,11-12H2,1-4H3/t14-/m1/s1. The van der Waals surface area contributed by atoms with E-state index in [9.17, 15) is 4.79 Å². The van der Waals surface area contributed by atoms with Crippen LogP contribution in [-0.2, 0) is 4.74 Å². The first-order valence-electron chi connectivity index (χ1n) is 8.17. The molecular weight excluding hydrogens is 306 g/mol. The largest absolute Gasteiger partial charge is 0.487 e. The quantitative estimate of drug-likeness (QED) is 0.684. The Morgan fingerprint density at radius 3 is 2.92 bits per heavy atom. The number of ether oxygens (including phenoxy) is 2. The Kier molecular flexibility index (Phi) is 4.27. The number of pyridine rings is 1. The minimum Gasteiger partial charge on any atom is -0.487 e. The maximum atomic E-state index is 12.3. The van der Waals surface area contributed by atoms with Crippen LogP contribution < -0.4 is 9.64 Å². The van der Waals surface area contributed by atoms with Crippen LogP contribution in [-0.4, -0.2) is 53.9 Å². The molecule has 0 spiro atoms. The minimum atomic E-state index is -0.484. The van der Waals surface area contributed by atoms with Crippen LogP contribution in [0.4, 0.5) is 10.6 Å². The molecule has 1 fully saturated rings. The van der Waals surface area contributed by atoms with Crippen molar-refractivity contribution in [3.63, 3.8) is 0 Å². The summed E-state index contributed by atoms with van der Waals surface area (Å²) in [6.45, 7) is 9.86. The molecule has 128 valence electrons. The van der Waals surface area contributed by atoms with Crippen molar-refractivity contribution in [2.75, 3.05) is 31.1 Å². The van der Waals surface area contributed by atoms with E-state index in [1.54, 1.807) is 18.0 Å². The Morgan fingerprint density at radius 1 is 1.42 bits per heavy atom. The van der Waals surface area contributed by atoms with Gasteiger partial charge in [-0.1, -0.05) is 5.92 Å². The highest BCUT2D eigenvalue weighted by Gasteiger charge is 2.36. The number of carbonyl (C=O) groups is 1. The SMILES string of the molecule is CC#Cc1cnc2c(c1)OC[C@H]1CN(C(=O)OC(C)(C)C)CCN21. The van der Waals surface area contributed by atoms with E-state index in [1.165, 1.54) is 0 Å². The second-order valence-corrected chi connectivity index (χ2v) is 7.01. The van der Waals surface area contributed by atoms with Crippen molar-refractivity contribution in [2.24, 2.45) is 0 Å². The molecule has 1 aromatic rings. The van der Waals surface area contributed by atoms with E-state index >= 15 is 0 Å². The Bertz CT molecular complexity index is 700. The van der Waals surface area contributed by atoms with E-state index in [1.807, 2.05) is 26.8 Å². The molecule has 6 heteroatoms. The molecule has 3 heterocycles. The van der Waals surface area contributed by atoms with Gasteiger partial charge in [0.2, 0.25) is 0 Å². The van der Waals surface area contributed by atoms with E-state index in [0.717, 1.165) is 17.1 Å². The number of piperazine rings is 1. The molecule has 24 heavy (non-hydrogen) atoms. The van der Waals surface area contributed by atoms with Crippen LogP contribution >= 0.6 is 0 Å². The van der Waals surface area contributed by atoms with E-state index in [0.29, 0.717) is 26.2 Å². The molecule has 6 nitrogen and oxygen atoms in total. The molecule has 2 aliphatic heterocycles.